The molecule has 1 aliphatic heterocycles. The van der Waals surface area contributed by atoms with Gasteiger partial charge in [0, 0.05) is 25.1 Å². The average Bonchev–Trinajstić information content (AvgIpc) is 3.32. The highest BCUT2D eigenvalue weighted by Crippen LogP contribution is 2.23. The smallest absolute Gasteiger partial charge is 0.271 e. The third kappa shape index (κ3) is 3.89. The monoisotopic (exact) mass is 369 g/mol. The molecule has 0 atom stereocenters. The van der Waals surface area contributed by atoms with E-state index in [1.165, 1.54) is 12.1 Å². The quantitative estimate of drug-likeness (QED) is 0.764. The van der Waals surface area contributed by atoms with E-state index in [4.69, 9.17) is 4.52 Å². The number of carbonyl (C=O) groups is 1. The Morgan fingerprint density at radius 2 is 2.04 bits per heavy atom. The number of hydrogen-bond donors (Lipinski definition) is 1. The van der Waals surface area contributed by atoms with E-state index in [1.807, 2.05) is 4.90 Å². The third-order valence-electron chi connectivity index (χ3n) is 4.88. The predicted molar refractivity (Wildman–Crippen MR) is 95.3 cm³/mol. The zero-order chi connectivity index (χ0) is 18.8. The number of nitrogens with zero attached hydrogens (tertiary/aromatic N) is 4. The Hall–Kier alpha value is -3.03. The lowest BCUT2D eigenvalue weighted by Crippen LogP contribution is -2.39. The summed E-state index contributed by atoms with van der Waals surface area (Å²) in [6, 6.07) is 7.75. The van der Waals surface area contributed by atoms with Gasteiger partial charge >= 0.3 is 0 Å². The molecule has 0 radical (unpaired) electrons. The maximum absolute atomic E-state index is 13.0. The zero-order valence-corrected chi connectivity index (χ0v) is 15.0. The molecular weight excluding hydrogens is 349 g/mol. The van der Waals surface area contributed by atoms with Crippen molar-refractivity contribution >= 4 is 5.91 Å². The number of hydrogen-bond acceptors (Lipinski definition) is 5. The van der Waals surface area contributed by atoms with E-state index in [9.17, 15) is 9.18 Å². The second-order valence-corrected chi connectivity index (χ2v) is 6.85. The summed E-state index contributed by atoms with van der Waals surface area (Å²) in [5, 5.41) is 10.8. The number of halogens is 1. The molecule has 1 aromatic carbocycles. The van der Waals surface area contributed by atoms with E-state index in [-0.39, 0.29) is 11.7 Å². The molecule has 0 spiro atoms. The molecule has 0 bridgehead atoms. The number of likely N-dealkylation sites (tertiary alicyclic amines) is 1. The summed E-state index contributed by atoms with van der Waals surface area (Å²) in [6.45, 7) is 3.17. The van der Waals surface area contributed by atoms with Crippen LogP contribution in [0.1, 0.15) is 35.0 Å². The molecule has 2 aromatic heterocycles. The zero-order valence-electron chi connectivity index (χ0n) is 15.0. The molecule has 1 aliphatic rings. The average molecular weight is 369 g/mol. The van der Waals surface area contributed by atoms with Crippen LogP contribution in [0.3, 0.4) is 0 Å². The van der Waals surface area contributed by atoms with Crippen molar-refractivity contribution < 1.29 is 13.7 Å². The second kappa shape index (κ2) is 7.30. The van der Waals surface area contributed by atoms with Crippen LogP contribution in [0.5, 0.6) is 0 Å². The first-order valence-electron chi connectivity index (χ1n) is 8.98. The van der Waals surface area contributed by atoms with Gasteiger partial charge in [-0.3, -0.25) is 9.89 Å². The molecule has 4 rings (SSSR count). The molecule has 0 aliphatic carbocycles. The van der Waals surface area contributed by atoms with Crippen LogP contribution < -0.4 is 0 Å². The van der Waals surface area contributed by atoms with Crippen molar-refractivity contribution in [2.24, 2.45) is 5.92 Å². The van der Waals surface area contributed by atoms with Gasteiger partial charge in [0.05, 0.1) is 5.69 Å². The molecule has 0 saturated carbocycles. The topological polar surface area (TPSA) is 87.9 Å². The number of nitrogens with one attached hydrogen (secondary N) is 1. The van der Waals surface area contributed by atoms with Crippen molar-refractivity contribution in [3.63, 3.8) is 0 Å². The Labute approximate surface area is 155 Å². The minimum atomic E-state index is -0.302. The molecule has 1 N–H and O–H groups in total. The Morgan fingerprint density at radius 3 is 2.70 bits per heavy atom. The van der Waals surface area contributed by atoms with Crippen LogP contribution in [0, 0.1) is 18.7 Å². The fraction of sp³-hybridized carbons (Fsp3) is 0.368. The summed E-state index contributed by atoms with van der Waals surface area (Å²) >= 11 is 0. The normalized spacial score (nSPS) is 15.3. The van der Waals surface area contributed by atoms with Crippen LogP contribution in [0.4, 0.5) is 4.39 Å². The van der Waals surface area contributed by atoms with E-state index in [1.54, 1.807) is 25.1 Å². The highest BCUT2D eigenvalue weighted by Gasteiger charge is 2.26. The number of piperidine rings is 1. The first-order valence-corrected chi connectivity index (χ1v) is 8.98. The van der Waals surface area contributed by atoms with Crippen molar-refractivity contribution in [3.8, 4) is 11.3 Å². The van der Waals surface area contributed by atoms with Gasteiger partial charge in [-0.1, -0.05) is 5.16 Å². The highest BCUT2D eigenvalue weighted by molar-refractivity contribution is 5.93. The molecule has 3 heterocycles. The lowest BCUT2D eigenvalue weighted by molar-refractivity contribution is 0.0681. The molecule has 7 nitrogen and oxygen atoms in total. The Kier molecular flexibility index (Phi) is 4.70. The summed E-state index contributed by atoms with van der Waals surface area (Å²) in [7, 11) is 0. The van der Waals surface area contributed by atoms with Gasteiger partial charge in [0.15, 0.2) is 5.82 Å². The summed E-state index contributed by atoms with van der Waals surface area (Å²) in [5.41, 5.74) is 1.83. The van der Waals surface area contributed by atoms with E-state index >= 15 is 0 Å². The summed E-state index contributed by atoms with van der Waals surface area (Å²) in [6.07, 6.45) is 2.54. The van der Waals surface area contributed by atoms with E-state index in [2.05, 4.69) is 20.3 Å². The second-order valence-electron chi connectivity index (χ2n) is 6.85. The number of rotatable bonds is 4. The van der Waals surface area contributed by atoms with Gasteiger partial charge in [-0.15, -0.1) is 0 Å². The van der Waals surface area contributed by atoms with Gasteiger partial charge in [0.2, 0.25) is 5.89 Å². The fourth-order valence-corrected chi connectivity index (χ4v) is 3.38. The molecule has 27 heavy (non-hydrogen) atoms. The Bertz CT molecular complexity index is 926. The van der Waals surface area contributed by atoms with Crippen molar-refractivity contribution in [1.29, 1.82) is 0 Å². The van der Waals surface area contributed by atoms with Crippen LogP contribution in [0.2, 0.25) is 0 Å². The SMILES string of the molecule is Cc1noc(CC2CCN(C(=O)c3cc(-c4ccc(F)cc4)n[nH]3)CC2)n1. The fourth-order valence-electron chi connectivity index (χ4n) is 3.38. The van der Waals surface area contributed by atoms with Gasteiger partial charge in [-0.25, -0.2) is 4.39 Å². The number of H-pyrrole nitrogens is 1. The number of amides is 1. The largest absolute Gasteiger partial charge is 0.339 e. The predicted octanol–water partition coefficient (Wildman–Crippen LogP) is 3.00. The Balaban J connectivity index is 1.36. The standard InChI is InChI=1S/C19H20FN5O2/c1-12-21-18(27-24-12)10-13-6-8-25(9-7-13)19(26)17-11-16(22-23-17)14-2-4-15(20)5-3-14/h2-5,11,13H,6-10H2,1H3,(H,22,23). The number of benzene rings is 1. The number of carbonyl (C=O) groups excluding carboxylic acids is 1. The lowest BCUT2D eigenvalue weighted by Gasteiger charge is -2.31. The maximum Gasteiger partial charge on any atom is 0.271 e. The highest BCUT2D eigenvalue weighted by atomic mass is 19.1. The number of aromatic nitrogens is 4. The van der Waals surface area contributed by atoms with Gasteiger partial charge in [0.1, 0.15) is 11.5 Å². The maximum atomic E-state index is 13.0. The van der Waals surface area contributed by atoms with Crippen LogP contribution >= 0.6 is 0 Å². The van der Waals surface area contributed by atoms with Crippen molar-refractivity contribution in [2.75, 3.05) is 13.1 Å². The van der Waals surface area contributed by atoms with Crippen molar-refractivity contribution in [2.45, 2.75) is 26.2 Å². The summed E-state index contributed by atoms with van der Waals surface area (Å²) in [4.78, 5) is 18.8. The minimum absolute atomic E-state index is 0.0667. The summed E-state index contributed by atoms with van der Waals surface area (Å²) in [5.74, 6) is 1.38. The third-order valence-corrected chi connectivity index (χ3v) is 4.88. The molecule has 0 unspecified atom stereocenters. The number of aryl methyl sites for hydroxylation is 1. The molecule has 8 heteroatoms. The van der Waals surface area contributed by atoms with Crippen LogP contribution in [-0.4, -0.2) is 44.2 Å². The van der Waals surface area contributed by atoms with Gasteiger partial charge in [0.25, 0.3) is 5.91 Å². The van der Waals surface area contributed by atoms with Gasteiger partial charge in [-0.05, 0) is 56.0 Å². The molecule has 1 saturated heterocycles. The Morgan fingerprint density at radius 1 is 1.30 bits per heavy atom. The molecule has 140 valence electrons. The van der Waals surface area contributed by atoms with Crippen molar-refractivity contribution in [3.05, 3.63) is 53.6 Å². The van der Waals surface area contributed by atoms with Crippen LogP contribution in [0.25, 0.3) is 11.3 Å². The minimum Gasteiger partial charge on any atom is -0.339 e. The first-order chi connectivity index (χ1) is 13.1. The van der Waals surface area contributed by atoms with Gasteiger partial charge in [-0.2, -0.15) is 10.1 Å². The van der Waals surface area contributed by atoms with E-state index < -0.39 is 0 Å². The van der Waals surface area contributed by atoms with E-state index in [0.717, 1.165) is 24.8 Å². The molecule has 1 amide bonds. The molecular formula is C19H20FN5O2. The molecule has 1 fully saturated rings. The molecule has 3 aromatic rings. The first kappa shape index (κ1) is 17.4. The van der Waals surface area contributed by atoms with Gasteiger partial charge < -0.3 is 9.42 Å². The van der Waals surface area contributed by atoms with Crippen LogP contribution in [-0.2, 0) is 6.42 Å². The van der Waals surface area contributed by atoms with Crippen molar-refractivity contribution in [1.82, 2.24) is 25.2 Å². The number of aromatic amines is 1. The van der Waals surface area contributed by atoms with E-state index in [0.29, 0.717) is 42.1 Å². The van der Waals surface area contributed by atoms with Crippen LogP contribution in [0.15, 0.2) is 34.9 Å². The lowest BCUT2D eigenvalue weighted by atomic mass is 9.93. The summed E-state index contributed by atoms with van der Waals surface area (Å²) < 4.78 is 18.2.